The van der Waals surface area contributed by atoms with Gasteiger partial charge in [0.05, 0.1) is 11.9 Å². The molecule has 128 valence electrons. The first-order valence-corrected chi connectivity index (χ1v) is 8.29. The summed E-state index contributed by atoms with van der Waals surface area (Å²) in [4.78, 5) is 15.1. The van der Waals surface area contributed by atoms with E-state index in [-0.39, 0.29) is 6.54 Å². The number of hydrogen-bond acceptors (Lipinski definition) is 4. The van der Waals surface area contributed by atoms with Crippen molar-refractivity contribution in [3.8, 4) is 0 Å². The van der Waals surface area contributed by atoms with Gasteiger partial charge in [-0.05, 0) is 48.6 Å². The molecule has 1 aromatic carbocycles. The standard InChI is InChI=1S/C10H10F3NS.C6H6N2O/c1-15-8-2-3-9-7(6-8)4-5-14(9)10(11,12)13;9-5-8-6-2-1-3-7-4-6/h2-3,6H,4-5H2,1H3;1-5H,(H,8,9). The molecular weight excluding hydrogens is 339 g/mol. The van der Waals surface area contributed by atoms with E-state index in [0.717, 1.165) is 10.5 Å². The van der Waals surface area contributed by atoms with Crippen LogP contribution in [-0.4, -0.2) is 30.5 Å². The number of aromatic nitrogens is 1. The molecule has 4 nitrogen and oxygen atoms in total. The number of benzene rings is 1. The normalized spacial score (nSPS) is 12.9. The van der Waals surface area contributed by atoms with E-state index in [1.165, 1.54) is 0 Å². The molecule has 0 bridgehead atoms. The highest BCUT2D eigenvalue weighted by Crippen LogP contribution is 2.37. The molecule has 0 unspecified atom stereocenters. The van der Waals surface area contributed by atoms with Gasteiger partial charge in [-0.2, -0.15) is 13.2 Å². The molecule has 8 heteroatoms. The van der Waals surface area contributed by atoms with Crippen LogP contribution in [0.3, 0.4) is 0 Å². The first kappa shape index (κ1) is 18.1. The van der Waals surface area contributed by atoms with Gasteiger partial charge in [0.2, 0.25) is 6.41 Å². The Hall–Kier alpha value is -2.22. The lowest BCUT2D eigenvalue weighted by Gasteiger charge is -2.22. The van der Waals surface area contributed by atoms with Gasteiger partial charge in [-0.3, -0.25) is 14.7 Å². The van der Waals surface area contributed by atoms with Crippen molar-refractivity contribution >= 4 is 29.5 Å². The van der Waals surface area contributed by atoms with Crippen LogP contribution in [0.4, 0.5) is 24.5 Å². The zero-order chi connectivity index (χ0) is 17.6. The monoisotopic (exact) mass is 355 g/mol. The lowest BCUT2D eigenvalue weighted by atomic mass is 10.2. The van der Waals surface area contributed by atoms with Gasteiger partial charge in [-0.25, -0.2) is 0 Å². The summed E-state index contributed by atoms with van der Waals surface area (Å²) in [6, 6.07) is 8.65. The summed E-state index contributed by atoms with van der Waals surface area (Å²) >= 11 is 1.54. The molecule has 2 heterocycles. The summed E-state index contributed by atoms with van der Waals surface area (Å²) in [5.74, 6) is 0. The lowest BCUT2D eigenvalue weighted by Crippen LogP contribution is -2.36. The average Bonchev–Trinajstić information content (AvgIpc) is 3.00. The van der Waals surface area contributed by atoms with Gasteiger partial charge in [-0.15, -0.1) is 11.8 Å². The highest BCUT2D eigenvalue weighted by atomic mass is 32.2. The molecule has 3 rings (SSSR count). The first-order chi connectivity index (χ1) is 11.5. The van der Waals surface area contributed by atoms with Crippen molar-refractivity contribution < 1.29 is 18.0 Å². The van der Waals surface area contributed by atoms with Crippen LogP contribution in [0, 0.1) is 0 Å². The van der Waals surface area contributed by atoms with Crippen molar-refractivity contribution in [1.29, 1.82) is 0 Å². The van der Waals surface area contributed by atoms with E-state index in [9.17, 15) is 18.0 Å². The minimum Gasteiger partial charge on any atom is -0.327 e. The van der Waals surface area contributed by atoms with Crippen LogP contribution in [-0.2, 0) is 11.2 Å². The zero-order valence-corrected chi connectivity index (χ0v) is 13.7. The van der Waals surface area contributed by atoms with E-state index in [4.69, 9.17) is 0 Å². The second-order valence-corrected chi connectivity index (χ2v) is 5.75. The molecule has 0 atom stereocenters. The Morgan fingerprint density at radius 1 is 1.33 bits per heavy atom. The van der Waals surface area contributed by atoms with E-state index < -0.39 is 6.30 Å². The summed E-state index contributed by atoms with van der Waals surface area (Å²) < 4.78 is 37.6. The number of alkyl halides is 3. The molecule has 1 aromatic heterocycles. The molecule has 1 aliphatic rings. The number of thioether (sulfide) groups is 1. The number of fused-ring (bicyclic) bond motifs is 1. The number of carbonyl (C=O) groups excluding carboxylic acids is 1. The van der Waals surface area contributed by atoms with Crippen molar-refractivity contribution in [1.82, 2.24) is 4.98 Å². The van der Waals surface area contributed by atoms with Gasteiger partial charge in [0.25, 0.3) is 0 Å². The van der Waals surface area contributed by atoms with Crippen LogP contribution in [0.5, 0.6) is 0 Å². The Kier molecular flexibility index (Phi) is 6.08. The van der Waals surface area contributed by atoms with Gasteiger partial charge in [-0.1, -0.05) is 0 Å². The molecule has 1 N–H and O–H groups in total. The predicted molar refractivity (Wildman–Crippen MR) is 89.3 cm³/mol. The number of pyridine rings is 1. The summed E-state index contributed by atoms with van der Waals surface area (Å²) in [6.45, 7) is 0.0384. The fourth-order valence-electron chi connectivity index (χ4n) is 2.28. The molecule has 0 radical (unpaired) electrons. The number of amides is 1. The third-order valence-corrected chi connectivity index (χ3v) is 4.10. The van der Waals surface area contributed by atoms with E-state index in [1.807, 2.05) is 12.3 Å². The van der Waals surface area contributed by atoms with Crippen LogP contribution >= 0.6 is 11.8 Å². The molecule has 0 saturated heterocycles. The second-order valence-electron chi connectivity index (χ2n) is 4.87. The fourth-order valence-corrected chi connectivity index (χ4v) is 2.75. The van der Waals surface area contributed by atoms with Crippen molar-refractivity contribution in [3.05, 3.63) is 48.3 Å². The third kappa shape index (κ3) is 4.64. The predicted octanol–water partition coefficient (Wildman–Crippen LogP) is 3.94. The molecule has 1 aliphatic heterocycles. The number of hydrogen-bond donors (Lipinski definition) is 1. The summed E-state index contributed by atoms with van der Waals surface area (Å²) in [5.41, 5.74) is 1.81. The number of nitrogens with one attached hydrogen (secondary N) is 1. The van der Waals surface area contributed by atoms with E-state index in [2.05, 4.69) is 10.3 Å². The van der Waals surface area contributed by atoms with Crippen LogP contribution in [0.2, 0.25) is 0 Å². The van der Waals surface area contributed by atoms with Crippen molar-refractivity contribution in [2.45, 2.75) is 17.6 Å². The number of anilines is 2. The molecule has 2 aromatic rings. The fraction of sp³-hybridized carbons (Fsp3) is 0.250. The average molecular weight is 355 g/mol. The topological polar surface area (TPSA) is 45.2 Å². The van der Waals surface area contributed by atoms with Crippen molar-refractivity contribution in [2.24, 2.45) is 0 Å². The molecule has 1 amide bonds. The van der Waals surface area contributed by atoms with E-state index in [1.54, 1.807) is 48.4 Å². The molecule has 0 fully saturated rings. The number of rotatable bonds is 3. The van der Waals surface area contributed by atoms with Crippen LogP contribution in [0.25, 0.3) is 0 Å². The van der Waals surface area contributed by atoms with Crippen LogP contribution < -0.4 is 10.2 Å². The number of carbonyl (C=O) groups is 1. The summed E-state index contributed by atoms with van der Waals surface area (Å²) in [7, 11) is 0. The minimum absolute atomic E-state index is 0.0384. The van der Waals surface area contributed by atoms with E-state index in [0.29, 0.717) is 29.1 Å². The maximum atomic E-state index is 12.5. The second kappa shape index (κ2) is 8.05. The van der Waals surface area contributed by atoms with E-state index >= 15 is 0 Å². The SMILES string of the molecule is CSc1ccc2c(c1)CCN2C(F)(F)F.O=CNc1cccnc1. The van der Waals surface area contributed by atoms with Crippen LogP contribution in [0.15, 0.2) is 47.6 Å². The maximum absolute atomic E-state index is 12.5. The lowest BCUT2D eigenvalue weighted by molar-refractivity contribution is -0.127. The number of halogens is 3. The Morgan fingerprint density at radius 3 is 2.71 bits per heavy atom. The molecule has 0 aliphatic carbocycles. The van der Waals surface area contributed by atoms with Gasteiger partial charge < -0.3 is 5.32 Å². The van der Waals surface area contributed by atoms with Gasteiger partial charge in [0, 0.05) is 23.3 Å². The Labute approximate surface area is 142 Å². The van der Waals surface area contributed by atoms with Crippen molar-refractivity contribution in [3.63, 3.8) is 0 Å². The summed E-state index contributed by atoms with van der Waals surface area (Å²) in [5, 5.41) is 2.46. The van der Waals surface area contributed by atoms with Gasteiger partial charge >= 0.3 is 6.30 Å². The molecular formula is C16H16F3N3OS. The highest BCUT2D eigenvalue weighted by Gasteiger charge is 2.40. The molecule has 0 spiro atoms. The maximum Gasteiger partial charge on any atom is 0.484 e. The Bertz CT molecular complexity index is 680. The smallest absolute Gasteiger partial charge is 0.327 e. The van der Waals surface area contributed by atoms with Gasteiger partial charge in [0.1, 0.15) is 0 Å². The minimum atomic E-state index is -4.26. The Morgan fingerprint density at radius 2 is 2.12 bits per heavy atom. The first-order valence-electron chi connectivity index (χ1n) is 7.07. The van der Waals surface area contributed by atoms with Crippen molar-refractivity contribution in [2.75, 3.05) is 23.0 Å². The third-order valence-electron chi connectivity index (χ3n) is 3.38. The Balaban J connectivity index is 0.000000198. The highest BCUT2D eigenvalue weighted by molar-refractivity contribution is 7.98. The molecule has 24 heavy (non-hydrogen) atoms. The zero-order valence-electron chi connectivity index (χ0n) is 12.9. The van der Waals surface area contributed by atoms with Crippen LogP contribution in [0.1, 0.15) is 5.56 Å². The summed E-state index contributed by atoms with van der Waals surface area (Å²) in [6.07, 6.45) is 1.98. The largest absolute Gasteiger partial charge is 0.484 e. The van der Waals surface area contributed by atoms with Gasteiger partial charge in [0.15, 0.2) is 0 Å². The molecule has 0 saturated carbocycles. The quantitative estimate of drug-likeness (QED) is 0.515. The number of nitrogens with zero attached hydrogens (tertiary/aromatic N) is 2.